The van der Waals surface area contributed by atoms with Gasteiger partial charge in [-0.3, -0.25) is 14.5 Å². The Morgan fingerprint density at radius 1 is 1.19 bits per heavy atom. The van der Waals surface area contributed by atoms with E-state index in [1.807, 2.05) is 37.3 Å². The summed E-state index contributed by atoms with van der Waals surface area (Å²) in [5.41, 5.74) is 7.10. The molecule has 154 valence electrons. The van der Waals surface area contributed by atoms with Crippen LogP contribution in [0.3, 0.4) is 0 Å². The van der Waals surface area contributed by atoms with Crippen molar-refractivity contribution in [3.63, 3.8) is 0 Å². The molecule has 2 rings (SSSR count). The first kappa shape index (κ1) is 25.7. The number of hydrogen-bond donors (Lipinski definition) is 3. The van der Waals surface area contributed by atoms with Crippen molar-refractivity contribution in [3.05, 3.63) is 35.9 Å². The van der Waals surface area contributed by atoms with Crippen molar-refractivity contribution < 1.29 is 9.59 Å². The largest absolute Gasteiger partial charge is 0.355 e. The molecule has 1 aromatic rings. The van der Waals surface area contributed by atoms with Crippen molar-refractivity contribution in [3.8, 4) is 0 Å². The van der Waals surface area contributed by atoms with E-state index in [1.54, 1.807) is 0 Å². The van der Waals surface area contributed by atoms with Gasteiger partial charge in [-0.15, -0.1) is 24.8 Å². The van der Waals surface area contributed by atoms with E-state index in [1.165, 1.54) is 0 Å². The molecule has 0 spiro atoms. The predicted molar refractivity (Wildman–Crippen MR) is 114 cm³/mol. The van der Waals surface area contributed by atoms with Crippen LogP contribution in [0.2, 0.25) is 0 Å². The first-order valence-electron chi connectivity index (χ1n) is 9.17. The molecule has 0 aromatic heterocycles. The SMILES string of the molecule is CCCNC(=O)CN1CCC(NC(=O)C(N)Cc2ccccc2)CC1.Cl.Cl. The van der Waals surface area contributed by atoms with Crippen LogP contribution in [-0.4, -0.2) is 55.0 Å². The van der Waals surface area contributed by atoms with Crippen LogP contribution < -0.4 is 16.4 Å². The molecule has 8 heteroatoms. The summed E-state index contributed by atoms with van der Waals surface area (Å²) in [7, 11) is 0. The molecule has 4 N–H and O–H groups in total. The molecule has 1 heterocycles. The van der Waals surface area contributed by atoms with E-state index in [2.05, 4.69) is 15.5 Å². The second-order valence-electron chi connectivity index (χ2n) is 6.71. The van der Waals surface area contributed by atoms with Gasteiger partial charge in [0.25, 0.3) is 0 Å². The van der Waals surface area contributed by atoms with Crippen molar-refractivity contribution in [2.45, 2.75) is 44.7 Å². The van der Waals surface area contributed by atoms with Gasteiger partial charge in [0, 0.05) is 25.7 Å². The number of halogens is 2. The highest BCUT2D eigenvalue weighted by molar-refractivity contribution is 5.85. The topological polar surface area (TPSA) is 87.5 Å². The second kappa shape index (κ2) is 13.8. The van der Waals surface area contributed by atoms with Gasteiger partial charge >= 0.3 is 0 Å². The predicted octanol–water partition coefficient (Wildman–Crippen LogP) is 1.51. The van der Waals surface area contributed by atoms with E-state index < -0.39 is 6.04 Å². The average Bonchev–Trinajstić information content (AvgIpc) is 2.62. The van der Waals surface area contributed by atoms with Gasteiger partial charge in [-0.05, 0) is 31.2 Å². The fraction of sp³-hybridized carbons (Fsp3) is 0.579. The zero-order valence-electron chi connectivity index (χ0n) is 15.9. The normalized spacial score (nSPS) is 15.8. The van der Waals surface area contributed by atoms with Crippen LogP contribution in [0.4, 0.5) is 0 Å². The van der Waals surface area contributed by atoms with Crippen molar-refractivity contribution >= 4 is 36.6 Å². The van der Waals surface area contributed by atoms with Crippen molar-refractivity contribution in [1.29, 1.82) is 0 Å². The van der Waals surface area contributed by atoms with Gasteiger partial charge in [0.1, 0.15) is 0 Å². The molecule has 0 aliphatic carbocycles. The standard InChI is InChI=1S/C19H30N4O2.2ClH/c1-2-10-21-18(24)14-23-11-8-16(9-12-23)22-19(25)17(20)13-15-6-4-3-5-7-15;;/h3-7,16-17H,2,8-14,20H2,1H3,(H,21,24)(H,22,25);2*1H. The summed E-state index contributed by atoms with van der Waals surface area (Å²) in [6.45, 7) is 4.84. The summed E-state index contributed by atoms with van der Waals surface area (Å²) in [5, 5.41) is 5.95. The maximum absolute atomic E-state index is 12.3. The fourth-order valence-electron chi connectivity index (χ4n) is 3.03. The number of nitrogens with two attached hydrogens (primary N) is 1. The number of rotatable bonds is 8. The van der Waals surface area contributed by atoms with E-state index in [0.717, 1.165) is 44.5 Å². The minimum absolute atomic E-state index is 0. The van der Waals surface area contributed by atoms with Crippen molar-refractivity contribution in [2.24, 2.45) is 5.73 Å². The van der Waals surface area contributed by atoms with Crippen LogP contribution >= 0.6 is 24.8 Å². The Balaban J connectivity index is 0.00000338. The number of nitrogens with zero attached hydrogens (tertiary/aromatic N) is 1. The minimum atomic E-state index is -0.528. The zero-order valence-corrected chi connectivity index (χ0v) is 17.5. The number of carbonyl (C=O) groups excluding carboxylic acids is 2. The number of nitrogens with one attached hydrogen (secondary N) is 2. The average molecular weight is 419 g/mol. The lowest BCUT2D eigenvalue weighted by Crippen LogP contribution is -2.51. The van der Waals surface area contributed by atoms with Crippen LogP contribution in [0, 0.1) is 0 Å². The number of benzene rings is 1. The molecule has 6 nitrogen and oxygen atoms in total. The first-order chi connectivity index (χ1) is 12.1. The number of likely N-dealkylation sites (tertiary alicyclic amines) is 1. The third-order valence-corrected chi connectivity index (χ3v) is 4.51. The number of piperidine rings is 1. The van der Waals surface area contributed by atoms with E-state index in [0.29, 0.717) is 13.0 Å². The van der Waals surface area contributed by atoms with Crippen LogP contribution in [0.1, 0.15) is 31.7 Å². The maximum atomic E-state index is 12.3. The first-order valence-corrected chi connectivity index (χ1v) is 9.17. The third kappa shape index (κ3) is 9.42. The molecule has 1 aromatic carbocycles. The highest BCUT2D eigenvalue weighted by atomic mass is 35.5. The Morgan fingerprint density at radius 3 is 2.41 bits per heavy atom. The summed E-state index contributed by atoms with van der Waals surface area (Å²) in [6, 6.07) is 9.43. The van der Waals surface area contributed by atoms with Crippen LogP contribution in [-0.2, 0) is 16.0 Å². The lowest BCUT2D eigenvalue weighted by atomic mass is 10.0. The number of carbonyl (C=O) groups is 2. The highest BCUT2D eigenvalue weighted by Gasteiger charge is 2.24. The molecule has 0 bridgehead atoms. The second-order valence-corrected chi connectivity index (χ2v) is 6.71. The molecule has 0 saturated carbocycles. The molecule has 27 heavy (non-hydrogen) atoms. The van der Waals surface area contributed by atoms with Gasteiger partial charge in [0.2, 0.25) is 11.8 Å². The van der Waals surface area contributed by atoms with Gasteiger partial charge in [0.05, 0.1) is 12.6 Å². The molecule has 0 radical (unpaired) electrons. The van der Waals surface area contributed by atoms with Crippen LogP contribution in [0.5, 0.6) is 0 Å². The molecule has 2 amide bonds. The van der Waals surface area contributed by atoms with E-state index in [4.69, 9.17) is 5.73 Å². The number of amides is 2. The summed E-state index contributed by atoms with van der Waals surface area (Å²) < 4.78 is 0. The Labute approximate surface area is 174 Å². The minimum Gasteiger partial charge on any atom is -0.355 e. The summed E-state index contributed by atoms with van der Waals surface area (Å²) in [6.07, 6.45) is 3.20. The molecular weight excluding hydrogens is 387 g/mol. The molecule has 1 aliphatic rings. The lowest BCUT2D eigenvalue weighted by molar-refractivity contribution is -0.124. The molecular formula is C19H32Cl2N4O2. The Bertz CT molecular complexity index is 552. The molecule has 1 unspecified atom stereocenters. The third-order valence-electron chi connectivity index (χ3n) is 4.51. The quantitative estimate of drug-likeness (QED) is 0.596. The molecule has 1 atom stereocenters. The van der Waals surface area contributed by atoms with Crippen molar-refractivity contribution in [2.75, 3.05) is 26.2 Å². The van der Waals surface area contributed by atoms with Gasteiger partial charge in [-0.25, -0.2) is 0 Å². The zero-order chi connectivity index (χ0) is 18.1. The smallest absolute Gasteiger partial charge is 0.237 e. The molecule has 1 saturated heterocycles. The monoisotopic (exact) mass is 418 g/mol. The van der Waals surface area contributed by atoms with E-state index in [9.17, 15) is 9.59 Å². The summed E-state index contributed by atoms with van der Waals surface area (Å²) in [5.74, 6) is -0.0165. The lowest BCUT2D eigenvalue weighted by Gasteiger charge is -2.32. The van der Waals surface area contributed by atoms with Gasteiger partial charge in [-0.2, -0.15) is 0 Å². The van der Waals surface area contributed by atoms with E-state index in [-0.39, 0.29) is 42.7 Å². The molecule has 1 fully saturated rings. The summed E-state index contributed by atoms with van der Waals surface area (Å²) in [4.78, 5) is 26.2. The number of hydrogen-bond acceptors (Lipinski definition) is 4. The van der Waals surface area contributed by atoms with Gasteiger partial charge < -0.3 is 16.4 Å². The van der Waals surface area contributed by atoms with Crippen molar-refractivity contribution in [1.82, 2.24) is 15.5 Å². The Morgan fingerprint density at radius 2 is 1.81 bits per heavy atom. The van der Waals surface area contributed by atoms with Crippen LogP contribution in [0.15, 0.2) is 30.3 Å². The Kier molecular flexibility index (Phi) is 13.1. The van der Waals surface area contributed by atoms with Gasteiger partial charge in [-0.1, -0.05) is 37.3 Å². The van der Waals surface area contributed by atoms with E-state index >= 15 is 0 Å². The van der Waals surface area contributed by atoms with Gasteiger partial charge in [0.15, 0.2) is 0 Å². The fourth-order valence-corrected chi connectivity index (χ4v) is 3.03. The molecule has 1 aliphatic heterocycles. The summed E-state index contributed by atoms with van der Waals surface area (Å²) >= 11 is 0. The van der Waals surface area contributed by atoms with Crippen LogP contribution in [0.25, 0.3) is 0 Å². The Hall–Kier alpha value is -1.34. The maximum Gasteiger partial charge on any atom is 0.237 e. The highest BCUT2D eigenvalue weighted by Crippen LogP contribution is 2.10.